The number of pyridine rings is 1. The van der Waals surface area contributed by atoms with Crippen LogP contribution in [-0.2, 0) is 22.7 Å². The van der Waals surface area contributed by atoms with Gasteiger partial charge in [0.2, 0.25) is 5.91 Å². The van der Waals surface area contributed by atoms with E-state index in [2.05, 4.69) is 9.88 Å². The number of carboxylic acids is 1. The first-order valence-electron chi connectivity index (χ1n) is 10.5. The van der Waals surface area contributed by atoms with Crippen molar-refractivity contribution in [2.75, 3.05) is 19.7 Å². The van der Waals surface area contributed by atoms with E-state index in [4.69, 9.17) is 9.84 Å². The van der Waals surface area contributed by atoms with E-state index in [9.17, 15) is 9.59 Å². The summed E-state index contributed by atoms with van der Waals surface area (Å²) in [7, 11) is 0. The smallest absolute Gasteiger partial charge is 0.341 e. The molecule has 1 N–H and O–H groups in total. The third kappa shape index (κ3) is 4.16. The first kappa shape index (κ1) is 20.3. The molecule has 2 aliphatic heterocycles. The van der Waals surface area contributed by atoms with Crippen LogP contribution in [0.3, 0.4) is 0 Å². The zero-order chi connectivity index (χ0) is 21.0. The fraction of sp³-hybridized carbons (Fsp3) is 0.435. The van der Waals surface area contributed by atoms with Gasteiger partial charge in [-0.05, 0) is 50.4 Å². The zero-order valence-electron chi connectivity index (χ0n) is 17.0. The molecule has 1 spiro atoms. The van der Waals surface area contributed by atoms with Crippen LogP contribution in [0.5, 0.6) is 5.75 Å². The van der Waals surface area contributed by atoms with Crippen molar-refractivity contribution in [2.45, 2.75) is 44.3 Å². The lowest BCUT2D eigenvalue weighted by Crippen LogP contribution is -2.59. The van der Waals surface area contributed by atoms with Gasteiger partial charge in [-0.3, -0.25) is 14.7 Å². The van der Waals surface area contributed by atoms with Gasteiger partial charge in [-0.25, -0.2) is 4.79 Å². The van der Waals surface area contributed by atoms with Crippen molar-refractivity contribution < 1.29 is 19.4 Å². The Bertz CT molecular complexity index is 904. The summed E-state index contributed by atoms with van der Waals surface area (Å²) in [4.78, 5) is 33.1. The molecular formula is C23H27N3O4. The van der Waals surface area contributed by atoms with Gasteiger partial charge in [0.15, 0.2) is 6.61 Å². The van der Waals surface area contributed by atoms with E-state index in [-0.39, 0.29) is 12.5 Å². The molecule has 30 heavy (non-hydrogen) atoms. The number of para-hydroxylation sites is 1. The van der Waals surface area contributed by atoms with E-state index in [1.807, 2.05) is 41.3 Å². The minimum Gasteiger partial charge on any atom is -0.482 e. The zero-order valence-corrected chi connectivity index (χ0v) is 17.0. The van der Waals surface area contributed by atoms with E-state index in [0.717, 1.165) is 50.0 Å². The molecule has 1 aromatic heterocycles. The largest absolute Gasteiger partial charge is 0.482 e. The number of hydrogen-bond acceptors (Lipinski definition) is 5. The van der Waals surface area contributed by atoms with Crippen LogP contribution in [0.25, 0.3) is 0 Å². The summed E-state index contributed by atoms with van der Waals surface area (Å²) >= 11 is 0. The van der Waals surface area contributed by atoms with Crippen molar-refractivity contribution in [3.05, 3.63) is 59.9 Å². The van der Waals surface area contributed by atoms with Crippen molar-refractivity contribution in [1.29, 1.82) is 0 Å². The fourth-order valence-electron chi connectivity index (χ4n) is 4.71. The number of benzene rings is 1. The maximum atomic E-state index is 13.6. The number of aliphatic carboxylic acids is 1. The van der Waals surface area contributed by atoms with Crippen LogP contribution in [0.2, 0.25) is 0 Å². The van der Waals surface area contributed by atoms with E-state index in [0.29, 0.717) is 18.8 Å². The van der Waals surface area contributed by atoms with Crippen molar-refractivity contribution in [1.82, 2.24) is 14.8 Å². The van der Waals surface area contributed by atoms with Gasteiger partial charge in [-0.2, -0.15) is 0 Å². The quantitative estimate of drug-likeness (QED) is 0.757. The summed E-state index contributed by atoms with van der Waals surface area (Å²) < 4.78 is 5.48. The molecule has 0 bridgehead atoms. The van der Waals surface area contributed by atoms with Crippen LogP contribution in [0, 0.1) is 0 Å². The lowest BCUT2D eigenvalue weighted by atomic mass is 9.85. The Labute approximate surface area is 176 Å². The monoisotopic (exact) mass is 409 g/mol. The number of carboxylic acid groups (broad SMARTS) is 1. The number of ether oxygens (including phenoxy) is 1. The number of carbonyl (C=O) groups excluding carboxylic acids is 1. The van der Waals surface area contributed by atoms with Crippen LogP contribution in [0.1, 0.15) is 36.9 Å². The Kier molecular flexibility index (Phi) is 5.99. The molecule has 1 atom stereocenters. The second kappa shape index (κ2) is 8.83. The molecule has 2 aromatic rings. The number of carbonyl (C=O) groups is 2. The second-order valence-corrected chi connectivity index (χ2v) is 8.00. The maximum Gasteiger partial charge on any atom is 0.341 e. The number of likely N-dealkylation sites (tertiary alicyclic amines) is 2. The lowest BCUT2D eigenvalue weighted by Gasteiger charge is -2.44. The number of rotatable bonds is 7. The molecule has 158 valence electrons. The third-order valence-electron chi connectivity index (χ3n) is 6.09. The van der Waals surface area contributed by atoms with Crippen LogP contribution in [0.15, 0.2) is 48.7 Å². The Balaban J connectivity index is 1.52. The lowest BCUT2D eigenvalue weighted by molar-refractivity contribution is -0.148. The first-order chi connectivity index (χ1) is 14.6. The highest BCUT2D eigenvalue weighted by Gasteiger charge is 2.50. The van der Waals surface area contributed by atoms with Gasteiger partial charge >= 0.3 is 5.97 Å². The van der Waals surface area contributed by atoms with Gasteiger partial charge < -0.3 is 14.7 Å². The highest BCUT2D eigenvalue weighted by atomic mass is 16.5. The molecule has 0 aliphatic carbocycles. The van der Waals surface area contributed by atoms with Gasteiger partial charge in [-0.15, -0.1) is 0 Å². The first-order valence-corrected chi connectivity index (χ1v) is 10.5. The minimum absolute atomic E-state index is 0.181. The summed E-state index contributed by atoms with van der Waals surface area (Å²) in [5.74, 6) is -0.258. The van der Waals surface area contributed by atoms with Gasteiger partial charge in [0.1, 0.15) is 11.3 Å². The van der Waals surface area contributed by atoms with Crippen LogP contribution in [0.4, 0.5) is 0 Å². The molecule has 1 amide bonds. The topological polar surface area (TPSA) is 83.0 Å². The molecule has 2 fully saturated rings. The molecule has 4 rings (SSSR count). The summed E-state index contributed by atoms with van der Waals surface area (Å²) in [5, 5.41) is 8.94. The predicted molar refractivity (Wildman–Crippen MR) is 111 cm³/mol. The van der Waals surface area contributed by atoms with Crippen molar-refractivity contribution >= 4 is 11.9 Å². The summed E-state index contributed by atoms with van der Waals surface area (Å²) in [6.07, 6.45) is 5.40. The van der Waals surface area contributed by atoms with Gasteiger partial charge in [0.25, 0.3) is 0 Å². The Morgan fingerprint density at radius 3 is 2.60 bits per heavy atom. The van der Waals surface area contributed by atoms with Gasteiger partial charge in [0, 0.05) is 24.8 Å². The molecule has 2 aliphatic rings. The predicted octanol–water partition coefficient (Wildman–Crippen LogP) is 2.70. The average molecular weight is 409 g/mol. The Morgan fingerprint density at radius 2 is 1.83 bits per heavy atom. The number of nitrogens with zero attached hydrogens (tertiary/aromatic N) is 3. The molecule has 1 unspecified atom stereocenters. The number of piperidine rings is 1. The number of amides is 1. The summed E-state index contributed by atoms with van der Waals surface area (Å²) in [5.41, 5.74) is 1.32. The van der Waals surface area contributed by atoms with Gasteiger partial charge in [0.05, 0.1) is 12.2 Å². The molecule has 7 nitrogen and oxygen atoms in total. The molecule has 3 heterocycles. The standard InChI is InChI=1S/C23H27N3O4/c27-21(28)17-30-20-9-2-1-7-18(20)15-26-14-6-11-23(26)10-5-13-25(22(23)29)16-19-8-3-4-12-24-19/h1-4,7-9,12H,5-6,10-11,13-17H2,(H,27,28). The molecular weight excluding hydrogens is 382 g/mol. The van der Waals surface area contributed by atoms with Crippen molar-refractivity contribution in [3.8, 4) is 5.75 Å². The van der Waals surface area contributed by atoms with E-state index in [1.54, 1.807) is 12.3 Å². The fourth-order valence-corrected chi connectivity index (χ4v) is 4.71. The summed E-state index contributed by atoms with van der Waals surface area (Å²) in [6.45, 7) is 2.32. The number of hydrogen-bond donors (Lipinski definition) is 1. The highest BCUT2D eigenvalue weighted by molar-refractivity contribution is 5.87. The normalized spacial score (nSPS) is 21.9. The Hall–Kier alpha value is -2.93. The highest BCUT2D eigenvalue weighted by Crippen LogP contribution is 2.40. The molecule has 1 aromatic carbocycles. The van der Waals surface area contributed by atoms with Crippen molar-refractivity contribution in [2.24, 2.45) is 0 Å². The van der Waals surface area contributed by atoms with Crippen LogP contribution in [-0.4, -0.2) is 57.0 Å². The van der Waals surface area contributed by atoms with E-state index < -0.39 is 11.5 Å². The summed E-state index contributed by atoms with van der Waals surface area (Å²) in [6, 6.07) is 13.3. The second-order valence-electron chi connectivity index (χ2n) is 8.00. The van der Waals surface area contributed by atoms with Crippen LogP contribution >= 0.6 is 0 Å². The molecule has 0 saturated carbocycles. The van der Waals surface area contributed by atoms with Gasteiger partial charge in [-0.1, -0.05) is 24.3 Å². The number of aromatic nitrogens is 1. The minimum atomic E-state index is -1.00. The average Bonchev–Trinajstić information content (AvgIpc) is 3.14. The van der Waals surface area contributed by atoms with E-state index in [1.165, 1.54) is 0 Å². The third-order valence-corrected chi connectivity index (χ3v) is 6.09. The molecule has 0 radical (unpaired) electrons. The van der Waals surface area contributed by atoms with E-state index >= 15 is 0 Å². The molecule has 2 saturated heterocycles. The van der Waals surface area contributed by atoms with Crippen molar-refractivity contribution in [3.63, 3.8) is 0 Å². The molecule has 7 heteroatoms. The SMILES string of the molecule is O=C(O)COc1ccccc1CN1CCCC12CCCN(Cc1ccccn1)C2=O. The Morgan fingerprint density at radius 1 is 1.07 bits per heavy atom. The van der Waals surface area contributed by atoms with Crippen LogP contribution < -0.4 is 4.74 Å². The maximum absolute atomic E-state index is 13.6.